The Labute approximate surface area is 184 Å². The molecule has 1 fully saturated rings. The van der Waals surface area contributed by atoms with Crippen LogP contribution in [-0.2, 0) is 15.8 Å². The van der Waals surface area contributed by atoms with Crippen LogP contribution in [0.1, 0.15) is 24.0 Å². The van der Waals surface area contributed by atoms with Crippen LogP contribution in [0, 0.1) is 5.82 Å². The Morgan fingerprint density at radius 3 is 2.61 bits per heavy atom. The summed E-state index contributed by atoms with van der Waals surface area (Å²) < 4.78 is 53.5. The first kappa shape index (κ1) is 23.0. The largest absolute Gasteiger partial charge is 0.481 e. The number of nitrogens with zero attached hydrogens (tertiary/aromatic N) is 1. The van der Waals surface area contributed by atoms with E-state index in [9.17, 15) is 27.2 Å². The van der Waals surface area contributed by atoms with Gasteiger partial charge in [0.1, 0.15) is 10.1 Å². The molecule has 1 heterocycles. The number of hydrogen-bond acceptors (Lipinski definition) is 4. The van der Waals surface area contributed by atoms with Gasteiger partial charge in [0.15, 0.2) is 0 Å². The Morgan fingerprint density at radius 2 is 1.94 bits per heavy atom. The Kier molecular flexibility index (Phi) is 6.80. The Morgan fingerprint density at radius 1 is 1.19 bits per heavy atom. The lowest BCUT2D eigenvalue weighted by atomic mass is 10.00. The number of thiocarbonyl (C=S) groups is 1. The average molecular weight is 469 g/mol. The van der Waals surface area contributed by atoms with Gasteiger partial charge in [-0.25, -0.2) is 4.39 Å². The van der Waals surface area contributed by atoms with Crippen molar-refractivity contribution in [2.24, 2.45) is 0 Å². The number of carboxylic acids is 1. The molecule has 0 radical (unpaired) electrons. The molecular formula is C21H15F4NO3S2. The van der Waals surface area contributed by atoms with Crippen LogP contribution in [0.4, 0.5) is 17.6 Å². The van der Waals surface area contributed by atoms with Crippen molar-refractivity contribution >= 4 is 46.3 Å². The monoisotopic (exact) mass is 469 g/mol. The van der Waals surface area contributed by atoms with Crippen molar-refractivity contribution in [1.82, 2.24) is 4.90 Å². The number of aliphatic carboxylic acids is 1. The second kappa shape index (κ2) is 9.19. The maximum absolute atomic E-state index is 14.2. The van der Waals surface area contributed by atoms with E-state index in [1.165, 1.54) is 23.1 Å². The molecule has 0 saturated carbocycles. The van der Waals surface area contributed by atoms with E-state index in [0.29, 0.717) is 20.9 Å². The van der Waals surface area contributed by atoms with E-state index in [-0.39, 0.29) is 36.4 Å². The quantitative estimate of drug-likeness (QED) is 0.340. The first-order chi connectivity index (χ1) is 14.6. The van der Waals surface area contributed by atoms with E-state index in [1.54, 1.807) is 12.1 Å². The third-order valence-electron chi connectivity index (χ3n) is 4.44. The van der Waals surface area contributed by atoms with Gasteiger partial charge in [-0.1, -0.05) is 42.2 Å². The van der Waals surface area contributed by atoms with E-state index >= 15 is 0 Å². The molecule has 1 aliphatic rings. The maximum Gasteiger partial charge on any atom is 0.416 e. The minimum absolute atomic E-state index is 0.0965. The fraction of sp³-hybridized carbons (Fsp3) is 0.190. The lowest BCUT2D eigenvalue weighted by Crippen LogP contribution is -2.29. The van der Waals surface area contributed by atoms with Crippen molar-refractivity contribution in [3.8, 4) is 11.1 Å². The van der Waals surface area contributed by atoms with Crippen molar-refractivity contribution in [3.63, 3.8) is 0 Å². The van der Waals surface area contributed by atoms with Crippen molar-refractivity contribution in [2.75, 3.05) is 6.54 Å². The summed E-state index contributed by atoms with van der Waals surface area (Å²) in [5.74, 6) is -2.15. The number of benzene rings is 2. The molecule has 4 nitrogen and oxygen atoms in total. The first-order valence-corrected chi connectivity index (χ1v) is 10.2. The summed E-state index contributed by atoms with van der Waals surface area (Å²) in [5, 5.41) is 8.73. The molecule has 10 heteroatoms. The summed E-state index contributed by atoms with van der Waals surface area (Å²) >= 11 is 6.23. The summed E-state index contributed by atoms with van der Waals surface area (Å²) in [6, 6.07) is 8.34. The minimum Gasteiger partial charge on any atom is -0.481 e. The molecular weight excluding hydrogens is 454 g/mol. The second-order valence-electron chi connectivity index (χ2n) is 6.65. The van der Waals surface area contributed by atoms with Crippen LogP contribution >= 0.6 is 24.0 Å². The van der Waals surface area contributed by atoms with Crippen LogP contribution in [0.5, 0.6) is 0 Å². The molecule has 0 aliphatic carbocycles. The van der Waals surface area contributed by atoms with Crippen molar-refractivity contribution in [2.45, 2.75) is 19.0 Å². The molecule has 2 aromatic rings. The van der Waals surface area contributed by atoms with Crippen molar-refractivity contribution < 1.29 is 32.3 Å². The number of halogens is 4. The molecule has 0 unspecified atom stereocenters. The number of alkyl halides is 3. The molecule has 0 spiro atoms. The molecule has 3 rings (SSSR count). The van der Waals surface area contributed by atoms with Gasteiger partial charge in [0.05, 0.1) is 10.5 Å². The van der Waals surface area contributed by atoms with Gasteiger partial charge >= 0.3 is 12.1 Å². The minimum atomic E-state index is -4.60. The molecule has 1 saturated heterocycles. The Bertz CT molecular complexity index is 1080. The van der Waals surface area contributed by atoms with Gasteiger partial charge in [-0.3, -0.25) is 14.5 Å². The predicted molar refractivity (Wildman–Crippen MR) is 114 cm³/mol. The van der Waals surface area contributed by atoms with Gasteiger partial charge in [-0.2, -0.15) is 13.2 Å². The van der Waals surface area contributed by atoms with Gasteiger partial charge in [-0.05, 0) is 47.9 Å². The average Bonchev–Trinajstić information content (AvgIpc) is 2.94. The number of rotatable bonds is 6. The summed E-state index contributed by atoms with van der Waals surface area (Å²) in [6.45, 7) is 0.170. The highest BCUT2D eigenvalue weighted by atomic mass is 32.2. The van der Waals surface area contributed by atoms with E-state index < -0.39 is 23.5 Å². The molecule has 1 N–H and O–H groups in total. The fourth-order valence-corrected chi connectivity index (χ4v) is 4.26. The van der Waals surface area contributed by atoms with Crippen molar-refractivity contribution in [1.29, 1.82) is 0 Å². The lowest BCUT2D eigenvalue weighted by molar-refractivity contribution is -0.138. The standard InChI is InChI=1S/C21H15F4NO3S2/c22-16-7-6-14(21(23,24)25)11-15(16)13-4-1-3-12(9-13)10-17-19(29)26(20(30)31-17)8-2-5-18(27)28/h1,3-4,6-7,9-11H,2,5,8H2,(H,27,28). The SMILES string of the molecule is O=C(O)CCCN1C(=O)C(=Cc2cccc(-c3cc(C(F)(F)F)ccc3F)c2)SC1=S. The highest BCUT2D eigenvalue weighted by molar-refractivity contribution is 8.26. The molecule has 1 amide bonds. The zero-order valence-corrected chi connectivity index (χ0v) is 17.4. The molecule has 162 valence electrons. The summed E-state index contributed by atoms with van der Waals surface area (Å²) in [5.41, 5.74) is -0.447. The van der Waals surface area contributed by atoms with E-state index in [0.717, 1.165) is 23.9 Å². The molecule has 0 bridgehead atoms. The number of thioether (sulfide) groups is 1. The molecule has 0 atom stereocenters. The highest BCUT2D eigenvalue weighted by Gasteiger charge is 2.32. The third-order valence-corrected chi connectivity index (χ3v) is 5.81. The van der Waals surface area contributed by atoms with Crippen LogP contribution in [0.25, 0.3) is 17.2 Å². The maximum atomic E-state index is 14.2. The molecule has 0 aromatic heterocycles. The fourth-order valence-electron chi connectivity index (χ4n) is 2.95. The normalized spacial score (nSPS) is 15.7. The lowest BCUT2D eigenvalue weighted by Gasteiger charge is -2.13. The van der Waals surface area contributed by atoms with Crippen LogP contribution in [0.2, 0.25) is 0 Å². The van der Waals surface area contributed by atoms with Crippen molar-refractivity contribution in [3.05, 3.63) is 64.3 Å². The van der Waals surface area contributed by atoms with Gasteiger partial charge in [-0.15, -0.1) is 0 Å². The van der Waals surface area contributed by atoms with Gasteiger partial charge < -0.3 is 5.11 Å². The van der Waals surface area contributed by atoms with E-state index in [2.05, 4.69) is 0 Å². The smallest absolute Gasteiger partial charge is 0.416 e. The molecule has 2 aromatic carbocycles. The number of hydrogen-bond donors (Lipinski definition) is 1. The predicted octanol–water partition coefficient (Wildman–Crippen LogP) is 5.58. The van der Waals surface area contributed by atoms with Crippen LogP contribution in [0.3, 0.4) is 0 Å². The van der Waals surface area contributed by atoms with Crippen LogP contribution < -0.4 is 0 Å². The third kappa shape index (κ3) is 5.50. The second-order valence-corrected chi connectivity index (χ2v) is 8.32. The van der Waals surface area contributed by atoms with E-state index in [4.69, 9.17) is 17.3 Å². The van der Waals surface area contributed by atoms with E-state index in [1.807, 2.05) is 0 Å². The highest BCUT2D eigenvalue weighted by Crippen LogP contribution is 2.35. The number of carbonyl (C=O) groups is 2. The Balaban J connectivity index is 1.86. The molecule has 31 heavy (non-hydrogen) atoms. The van der Waals surface area contributed by atoms with Gasteiger partial charge in [0.2, 0.25) is 0 Å². The van der Waals surface area contributed by atoms with Crippen LogP contribution in [0.15, 0.2) is 47.4 Å². The summed E-state index contributed by atoms with van der Waals surface area (Å²) in [7, 11) is 0. The number of carbonyl (C=O) groups excluding carboxylic acids is 1. The summed E-state index contributed by atoms with van der Waals surface area (Å²) in [6.07, 6.45) is -2.93. The first-order valence-electron chi connectivity index (χ1n) is 9.00. The topological polar surface area (TPSA) is 57.6 Å². The Hall–Kier alpha value is -2.72. The zero-order chi connectivity index (χ0) is 22.8. The number of amides is 1. The number of carboxylic acid groups (broad SMARTS) is 1. The zero-order valence-electron chi connectivity index (χ0n) is 15.8. The van der Waals surface area contributed by atoms with Crippen LogP contribution in [-0.4, -0.2) is 32.7 Å². The molecule has 1 aliphatic heterocycles. The van der Waals surface area contributed by atoms with Gasteiger partial charge in [0.25, 0.3) is 5.91 Å². The summed E-state index contributed by atoms with van der Waals surface area (Å²) in [4.78, 5) is 24.8. The van der Waals surface area contributed by atoms with Gasteiger partial charge in [0, 0.05) is 18.5 Å².